The summed E-state index contributed by atoms with van der Waals surface area (Å²) >= 11 is 0. The minimum absolute atomic E-state index is 0.0247. The summed E-state index contributed by atoms with van der Waals surface area (Å²) in [6.07, 6.45) is 0.976. The predicted molar refractivity (Wildman–Crippen MR) is 97.4 cm³/mol. The van der Waals surface area contributed by atoms with Gasteiger partial charge >= 0.3 is 0 Å². The zero-order valence-corrected chi connectivity index (χ0v) is 15.2. The van der Waals surface area contributed by atoms with E-state index in [1.165, 1.54) is 5.56 Å². The highest BCUT2D eigenvalue weighted by molar-refractivity contribution is 5.78. The fourth-order valence-electron chi connectivity index (χ4n) is 2.46. The molecule has 0 aliphatic heterocycles. The molecular weight excluding hydrogens is 318 g/mol. The molecule has 0 fully saturated rings. The van der Waals surface area contributed by atoms with Gasteiger partial charge in [0.15, 0.2) is 18.1 Å². The standard InChI is InChI=1S/C20H25NO4/c1-5-15-6-9-17(10-7-15)25-13-20(22)21-14(2)16-8-11-18(23-3)19(12-16)24-4/h6-12,14H,5,13H2,1-4H3,(H,21,22)/t14-/m1/s1. The minimum Gasteiger partial charge on any atom is -0.493 e. The Hall–Kier alpha value is -2.69. The fourth-order valence-corrected chi connectivity index (χ4v) is 2.46. The van der Waals surface area contributed by atoms with Gasteiger partial charge in [-0.1, -0.05) is 25.1 Å². The zero-order chi connectivity index (χ0) is 18.2. The Balaban J connectivity index is 1.90. The van der Waals surface area contributed by atoms with Gasteiger partial charge in [0, 0.05) is 0 Å². The molecule has 0 aromatic heterocycles. The molecule has 0 aliphatic carbocycles. The van der Waals surface area contributed by atoms with E-state index >= 15 is 0 Å². The minimum atomic E-state index is -0.179. The summed E-state index contributed by atoms with van der Waals surface area (Å²) in [6, 6.07) is 13.2. The van der Waals surface area contributed by atoms with Gasteiger partial charge in [0.05, 0.1) is 20.3 Å². The van der Waals surface area contributed by atoms with Gasteiger partial charge in [-0.25, -0.2) is 0 Å². The first kappa shape index (κ1) is 18.6. The van der Waals surface area contributed by atoms with Crippen molar-refractivity contribution in [1.82, 2.24) is 5.32 Å². The molecule has 2 rings (SSSR count). The maximum atomic E-state index is 12.1. The second-order valence-corrected chi connectivity index (χ2v) is 5.69. The van der Waals surface area contributed by atoms with Crippen molar-refractivity contribution in [2.75, 3.05) is 20.8 Å². The molecule has 0 aliphatic rings. The van der Waals surface area contributed by atoms with E-state index in [1.54, 1.807) is 14.2 Å². The molecule has 0 heterocycles. The molecule has 1 amide bonds. The third-order valence-electron chi connectivity index (χ3n) is 3.99. The Kier molecular flexibility index (Phi) is 6.69. The Morgan fingerprint density at radius 2 is 1.72 bits per heavy atom. The first-order valence-electron chi connectivity index (χ1n) is 8.30. The lowest BCUT2D eigenvalue weighted by Crippen LogP contribution is -2.31. The van der Waals surface area contributed by atoms with Gasteiger partial charge in [0.1, 0.15) is 5.75 Å². The van der Waals surface area contributed by atoms with Crippen molar-refractivity contribution in [3.63, 3.8) is 0 Å². The first-order chi connectivity index (χ1) is 12.1. The van der Waals surface area contributed by atoms with Crippen LogP contribution in [0.25, 0.3) is 0 Å². The molecule has 0 unspecified atom stereocenters. The Bertz CT molecular complexity index is 697. The summed E-state index contributed by atoms with van der Waals surface area (Å²) in [5, 5.41) is 2.92. The van der Waals surface area contributed by atoms with Crippen molar-refractivity contribution in [2.24, 2.45) is 0 Å². The fraction of sp³-hybridized carbons (Fsp3) is 0.350. The van der Waals surface area contributed by atoms with Crippen LogP contribution < -0.4 is 19.5 Å². The second-order valence-electron chi connectivity index (χ2n) is 5.69. The van der Waals surface area contributed by atoms with Gasteiger partial charge in [-0.2, -0.15) is 0 Å². The van der Waals surface area contributed by atoms with Crippen LogP contribution in [0.1, 0.15) is 31.0 Å². The van der Waals surface area contributed by atoms with Crippen LogP contribution in [0.2, 0.25) is 0 Å². The Morgan fingerprint density at radius 1 is 1.04 bits per heavy atom. The number of methoxy groups -OCH3 is 2. The highest BCUT2D eigenvalue weighted by Crippen LogP contribution is 2.29. The molecule has 25 heavy (non-hydrogen) atoms. The quantitative estimate of drug-likeness (QED) is 0.797. The molecule has 0 saturated carbocycles. The van der Waals surface area contributed by atoms with Crippen LogP contribution in [0.4, 0.5) is 0 Å². The van der Waals surface area contributed by atoms with E-state index in [1.807, 2.05) is 49.4 Å². The molecule has 5 heteroatoms. The third kappa shape index (κ3) is 5.14. The topological polar surface area (TPSA) is 56.8 Å². The van der Waals surface area contributed by atoms with Crippen LogP contribution in [0.3, 0.4) is 0 Å². The monoisotopic (exact) mass is 343 g/mol. The lowest BCUT2D eigenvalue weighted by Gasteiger charge is -2.17. The lowest BCUT2D eigenvalue weighted by molar-refractivity contribution is -0.123. The molecule has 2 aromatic carbocycles. The molecule has 0 spiro atoms. The van der Waals surface area contributed by atoms with Crippen molar-refractivity contribution in [3.05, 3.63) is 53.6 Å². The lowest BCUT2D eigenvalue weighted by atomic mass is 10.1. The molecule has 1 atom stereocenters. The number of ether oxygens (including phenoxy) is 3. The third-order valence-corrected chi connectivity index (χ3v) is 3.99. The summed E-state index contributed by atoms with van der Waals surface area (Å²) in [5.41, 5.74) is 2.16. The van der Waals surface area contributed by atoms with Crippen molar-refractivity contribution in [2.45, 2.75) is 26.3 Å². The van der Waals surface area contributed by atoms with Gasteiger partial charge < -0.3 is 19.5 Å². The van der Waals surface area contributed by atoms with E-state index in [2.05, 4.69) is 12.2 Å². The van der Waals surface area contributed by atoms with E-state index in [0.717, 1.165) is 12.0 Å². The smallest absolute Gasteiger partial charge is 0.258 e. The highest BCUT2D eigenvalue weighted by Gasteiger charge is 2.13. The number of rotatable bonds is 8. The van der Waals surface area contributed by atoms with Crippen molar-refractivity contribution in [3.8, 4) is 17.2 Å². The molecule has 1 N–H and O–H groups in total. The first-order valence-corrected chi connectivity index (χ1v) is 8.30. The summed E-state index contributed by atoms with van der Waals surface area (Å²) in [5.74, 6) is 1.80. The van der Waals surface area contributed by atoms with Crippen molar-refractivity contribution < 1.29 is 19.0 Å². The van der Waals surface area contributed by atoms with Gasteiger partial charge in [0.2, 0.25) is 0 Å². The van der Waals surface area contributed by atoms with Crippen LogP contribution in [-0.4, -0.2) is 26.7 Å². The Morgan fingerprint density at radius 3 is 2.32 bits per heavy atom. The highest BCUT2D eigenvalue weighted by atomic mass is 16.5. The van der Waals surface area contributed by atoms with Crippen LogP contribution in [0, 0.1) is 0 Å². The van der Waals surface area contributed by atoms with E-state index in [-0.39, 0.29) is 18.6 Å². The molecule has 5 nitrogen and oxygen atoms in total. The van der Waals surface area contributed by atoms with E-state index in [9.17, 15) is 4.79 Å². The van der Waals surface area contributed by atoms with Crippen LogP contribution in [0.15, 0.2) is 42.5 Å². The zero-order valence-electron chi connectivity index (χ0n) is 15.2. The normalized spacial score (nSPS) is 11.5. The maximum Gasteiger partial charge on any atom is 0.258 e. The van der Waals surface area contributed by atoms with Gasteiger partial charge in [-0.15, -0.1) is 0 Å². The SMILES string of the molecule is CCc1ccc(OCC(=O)N[C@H](C)c2ccc(OC)c(OC)c2)cc1. The molecule has 0 radical (unpaired) electrons. The molecule has 0 saturated heterocycles. The number of aryl methyl sites for hydroxylation is 1. The van der Waals surface area contributed by atoms with Crippen LogP contribution >= 0.6 is 0 Å². The largest absolute Gasteiger partial charge is 0.493 e. The molecule has 2 aromatic rings. The molecular formula is C20H25NO4. The second kappa shape index (κ2) is 8.97. The van der Waals surface area contributed by atoms with Gasteiger partial charge in [-0.3, -0.25) is 4.79 Å². The molecule has 0 bridgehead atoms. The van der Waals surface area contributed by atoms with Crippen LogP contribution in [-0.2, 0) is 11.2 Å². The summed E-state index contributed by atoms with van der Waals surface area (Å²) < 4.78 is 16.0. The number of nitrogens with one attached hydrogen (secondary N) is 1. The summed E-state index contributed by atoms with van der Waals surface area (Å²) in [4.78, 5) is 12.1. The Labute approximate surface area is 148 Å². The molecule has 134 valence electrons. The van der Waals surface area contributed by atoms with E-state index in [0.29, 0.717) is 17.2 Å². The number of amides is 1. The average Bonchev–Trinajstić information content (AvgIpc) is 2.66. The van der Waals surface area contributed by atoms with Crippen molar-refractivity contribution in [1.29, 1.82) is 0 Å². The number of hydrogen-bond donors (Lipinski definition) is 1. The van der Waals surface area contributed by atoms with Gasteiger partial charge in [-0.05, 0) is 48.7 Å². The van der Waals surface area contributed by atoms with Crippen molar-refractivity contribution >= 4 is 5.91 Å². The van der Waals surface area contributed by atoms with E-state index in [4.69, 9.17) is 14.2 Å². The number of benzene rings is 2. The van der Waals surface area contributed by atoms with E-state index < -0.39 is 0 Å². The van der Waals surface area contributed by atoms with Gasteiger partial charge in [0.25, 0.3) is 5.91 Å². The average molecular weight is 343 g/mol. The van der Waals surface area contributed by atoms with Crippen LogP contribution in [0.5, 0.6) is 17.2 Å². The predicted octanol–water partition coefficient (Wildman–Crippen LogP) is 3.52. The summed E-state index contributed by atoms with van der Waals surface area (Å²) in [6.45, 7) is 3.98. The number of hydrogen-bond acceptors (Lipinski definition) is 4. The number of carbonyl (C=O) groups is 1. The number of carbonyl (C=O) groups excluding carboxylic acids is 1. The summed E-state index contributed by atoms with van der Waals surface area (Å²) in [7, 11) is 3.18. The maximum absolute atomic E-state index is 12.1.